The zero-order valence-electron chi connectivity index (χ0n) is 15.6. The third kappa shape index (κ3) is 5.34. The first kappa shape index (κ1) is 20.0. The number of hydrogen-bond donors (Lipinski definition) is 1. The average molecular weight is 366 g/mol. The summed E-state index contributed by atoms with van der Waals surface area (Å²) in [4.78, 5) is 0. The quantitative estimate of drug-likeness (QED) is 0.405. The van der Waals surface area contributed by atoms with Crippen LogP contribution in [0, 0.1) is 0 Å². The summed E-state index contributed by atoms with van der Waals surface area (Å²) in [5.41, 5.74) is 3.95. The normalized spacial score (nSPS) is 12.1. The molecule has 1 unspecified atom stereocenters. The van der Waals surface area contributed by atoms with Crippen molar-refractivity contribution in [3.05, 3.63) is 84.7 Å². The molecule has 1 atom stereocenters. The Balaban J connectivity index is 2.46. The maximum atomic E-state index is 10.5. The van der Waals surface area contributed by atoms with Gasteiger partial charge in [-0.1, -0.05) is 36.2 Å². The van der Waals surface area contributed by atoms with Gasteiger partial charge in [0.2, 0.25) is 0 Å². The predicted molar refractivity (Wildman–Crippen MR) is 114 cm³/mol. The maximum absolute atomic E-state index is 10.5. The molecule has 0 saturated carbocycles. The molecule has 0 radical (unpaired) electrons. The van der Waals surface area contributed by atoms with Crippen molar-refractivity contribution in [2.45, 2.75) is 19.8 Å². The molecular weight excluding hydrogens is 339 g/mol. The van der Waals surface area contributed by atoms with Crippen molar-refractivity contribution in [1.29, 1.82) is 0 Å². The molecule has 2 aromatic rings. The fourth-order valence-electron chi connectivity index (χ4n) is 2.77. The van der Waals surface area contributed by atoms with Gasteiger partial charge in [-0.05, 0) is 69.7 Å². The smallest absolute Gasteiger partial charge is 0.127 e. The van der Waals surface area contributed by atoms with E-state index >= 15 is 0 Å². The fourth-order valence-corrected chi connectivity index (χ4v) is 3.71. The predicted octanol–water partition coefficient (Wildman–Crippen LogP) is 6.50. The second kappa shape index (κ2) is 9.99. The minimum atomic E-state index is -0.314. The van der Waals surface area contributed by atoms with E-state index in [2.05, 4.69) is 43.8 Å². The van der Waals surface area contributed by atoms with Gasteiger partial charge in [-0.25, -0.2) is 0 Å². The summed E-state index contributed by atoms with van der Waals surface area (Å²) in [5, 5.41) is 10.5. The van der Waals surface area contributed by atoms with Gasteiger partial charge in [0.05, 0.1) is 0 Å². The Kier molecular flexibility index (Phi) is 7.69. The first-order valence-electron chi connectivity index (χ1n) is 8.71. The highest BCUT2D eigenvalue weighted by Crippen LogP contribution is 2.40. The fraction of sp³-hybridized carbons (Fsp3) is 0.217. The lowest BCUT2D eigenvalue weighted by Crippen LogP contribution is -1.98. The average Bonchev–Trinajstić information content (AvgIpc) is 2.63. The number of allylic oxidation sites excluding steroid dienone is 3. The molecule has 0 aromatic heterocycles. The van der Waals surface area contributed by atoms with Crippen LogP contribution in [0.2, 0.25) is 0 Å². The molecule has 0 aliphatic rings. The Morgan fingerprint density at radius 2 is 1.62 bits per heavy atom. The number of rotatable bonds is 9. The highest BCUT2D eigenvalue weighted by atomic mass is 31.1. The molecule has 0 heterocycles. The molecule has 2 rings (SSSR count). The van der Waals surface area contributed by atoms with E-state index in [0.29, 0.717) is 6.35 Å². The van der Waals surface area contributed by atoms with Gasteiger partial charge in [0, 0.05) is 11.1 Å². The SMILES string of the molecule is C=CCc1ccc(O)c(-c2cc(CC=C)ccc2OCP(C)/C=C/C)c1. The Morgan fingerprint density at radius 3 is 2.23 bits per heavy atom. The summed E-state index contributed by atoms with van der Waals surface area (Å²) in [6, 6.07) is 11.8. The van der Waals surface area contributed by atoms with Crippen LogP contribution in [-0.4, -0.2) is 18.1 Å². The molecule has 136 valence electrons. The maximum Gasteiger partial charge on any atom is 0.127 e. The van der Waals surface area contributed by atoms with E-state index < -0.39 is 0 Å². The van der Waals surface area contributed by atoms with Crippen LogP contribution in [-0.2, 0) is 12.8 Å². The summed E-state index contributed by atoms with van der Waals surface area (Å²) in [6.07, 6.45) is 8.00. The molecule has 2 nitrogen and oxygen atoms in total. The third-order valence-corrected chi connectivity index (χ3v) is 5.33. The van der Waals surface area contributed by atoms with Crippen LogP contribution < -0.4 is 4.74 Å². The van der Waals surface area contributed by atoms with Crippen molar-refractivity contribution in [2.24, 2.45) is 0 Å². The molecule has 0 spiro atoms. The molecule has 0 amide bonds. The summed E-state index contributed by atoms with van der Waals surface area (Å²) in [7, 11) is -0.314. The zero-order valence-corrected chi connectivity index (χ0v) is 16.5. The lowest BCUT2D eigenvalue weighted by atomic mass is 9.97. The van der Waals surface area contributed by atoms with E-state index in [-0.39, 0.29) is 13.7 Å². The van der Waals surface area contributed by atoms with E-state index in [0.717, 1.165) is 40.8 Å². The van der Waals surface area contributed by atoms with Crippen molar-refractivity contribution in [2.75, 3.05) is 13.0 Å². The summed E-state index contributed by atoms with van der Waals surface area (Å²) in [5.74, 6) is 3.23. The number of phenols is 1. The molecule has 0 bridgehead atoms. The standard InChI is InChI=1S/C23H27O2P/c1-5-8-18-10-12-22(24)20(15-18)21-16-19(9-6-2)11-13-23(21)25-17-26(4)14-7-3/h5-7,10-16,24H,1-2,8-9,17H2,3-4H3/b14-7+. The van der Waals surface area contributed by atoms with Gasteiger partial charge in [-0.3, -0.25) is 0 Å². The van der Waals surface area contributed by atoms with Crippen LogP contribution in [0.1, 0.15) is 18.1 Å². The van der Waals surface area contributed by atoms with Crippen molar-refractivity contribution in [3.63, 3.8) is 0 Å². The summed E-state index contributed by atoms with van der Waals surface area (Å²) >= 11 is 0. The van der Waals surface area contributed by atoms with Crippen LogP contribution in [0.5, 0.6) is 11.5 Å². The topological polar surface area (TPSA) is 29.5 Å². The molecule has 3 heteroatoms. The van der Waals surface area contributed by atoms with Crippen LogP contribution in [0.3, 0.4) is 0 Å². The molecule has 0 fully saturated rings. The van der Waals surface area contributed by atoms with Crippen molar-refractivity contribution in [1.82, 2.24) is 0 Å². The zero-order chi connectivity index (χ0) is 18.9. The Labute approximate surface area is 158 Å². The van der Waals surface area contributed by atoms with Gasteiger partial charge < -0.3 is 9.84 Å². The molecule has 1 N–H and O–H groups in total. The molecule has 0 aliphatic heterocycles. The van der Waals surface area contributed by atoms with Crippen LogP contribution >= 0.6 is 7.92 Å². The Morgan fingerprint density at radius 1 is 1.00 bits per heavy atom. The minimum Gasteiger partial charge on any atom is -0.507 e. The number of aromatic hydroxyl groups is 1. The number of phenolic OH excluding ortho intramolecular Hbond substituents is 1. The molecule has 26 heavy (non-hydrogen) atoms. The Bertz CT molecular complexity index is 793. The number of hydrogen-bond acceptors (Lipinski definition) is 2. The molecular formula is C23H27O2P. The highest BCUT2D eigenvalue weighted by molar-refractivity contribution is 7.59. The van der Waals surface area contributed by atoms with Crippen molar-refractivity contribution in [3.8, 4) is 22.6 Å². The molecule has 0 saturated heterocycles. The van der Waals surface area contributed by atoms with Crippen molar-refractivity contribution < 1.29 is 9.84 Å². The number of benzene rings is 2. The largest absolute Gasteiger partial charge is 0.507 e. The van der Waals surface area contributed by atoms with Gasteiger partial charge in [-0.15, -0.1) is 13.2 Å². The van der Waals surface area contributed by atoms with Crippen LogP contribution in [0.25, 0.3) is 11.1 Å². The van der Waals surface area contributed by atoms with Gasteiger partial charge >= 0.3 is 0 Å². The second-order valence-electron chi connectivity index (χ2n) is 6.18. The third-order valence-electron chi connectivity index (χ3n) is 3.98. The van der Waals surface area contributed by atoms with E-state index in [4.69, 9.17) is 4.74 Å². The molecule has 0 aliphatic carbocycles. The minimum absolute atomic E-state index is 0.255. The summed E-state index contributed by atoms with van der Waals surface area (Å²) < 4.78 is 6.11. The van der Waals surface area contributed by atoms with E-state index in [1.807, 2.05) is 37.3 Å². The number of ether oxygens (including phenoxy) is 1. The van der Waals surface area contributed by atoms with Gasteiger partial charge in [0.15, 0.2) is 0 Å². The highest BCUT2D eigenvalue weighted by Gasteiger charge is 2.13. The molecule has 2 aromatic carbocycles. The van der Waals surface area contributed by atoms with E-state index in [9.17, 15) is 5.11 Å². The van der Waals surface area contributed by atoms with Gasteiger partial charge in [-0.2, -0.15) is 0 Å². The van der Waals surface area contributed by atoms with Crippen molar-refractivity contribution >= 4 is 7.92 Å². The van der Waals surface area contributed by atoms with Crippen LogP contribution in [0.15, 0.2) is 73.6 Å². The van der Waals surface area contributed by atoms with E-state index in [1.54, 1.807) is 6.07 Å². The van der Waals surface area contributed by atoms with Gasteiger partial charge in [0.1, 0.15) is 17.8 Å². The second-order valence-corrected chi connectivity index (χ2v) is 8.25. The monoisotopic (exact) mass is 366 g/mol. The van der Waals surface area contributed by atoms with Crippen LogP contribution in [0.4, 0.5) is 0 Å². The lowest BCUT2D eigenvalue weighted by molar-refractivity contribution is 0.390. The Hall–Kier alpha value is -2.31. The van der Waals surface area contributed by atoms with E-state index in [1.165, 1.54) is 0 Å². The summed E-state index contributed by atoms with van der Waals surface area (Å²) in [6.45, 7) is 11.8. The van der Waals surface area contributed by atoms with Gasteiger partial charge in [0.25, 0.3) is 0 Å². The first-order chi connectivity index (χ1) is 12.6. The lowest BCUT2D eigenvalue weighted by Gasteiger charge is -2.16. The first-order valence-corrected chi connectivity index (χ1v) is 10.8.